The van der Waals surface area contributed by atoms with Crippen LogP contribution >= 0.6 is 11.6 Å². The summed E-state index contributed by atoms with van der Waals surface area (Å²) >= 11 is 5.76. The van der Waals surface area contributed by atoms with Gasteiger partial charge in [0.25, 0.3) is 0 Å². The Morgan fingerprint density at radius 3 is 3.20 bits per heavy atom. The van der Waals surface area contributed by atoms with Gasteiger partial charge in [0.05, 0.1) is 6.61 Å². The molecule has 0 atom stereocenters. The lowest BCUT2D eigenvalue weighted by Gasteiger charge is -2.03. The molecule has 0 amide bonds. The first-order chi connectivity index (χ1) is 7.22. The molecular weight excluding hydrogens is 218 g/mol. The van der Waals surface area contributed by atoms with Gasteiger partial charge in [0.2, 0.25) is 0 Å². The number of fused-ring (bicyclic) bond motifs is 1. The van der Waals surface area contributed by atoms with Gasteiger partial charge in [-0.25, -0.2) is 14.3 Å². The van der Waals surface area contributed by atoms with Crippen LogP contribution < -0.4 is 0 Å². The van der Waals surface area contributed by atoms with Crippen LogP contribution in [0.3, 0.4) is 0 Å². The Labute approximate surface area is 90.6 Å². The maximum absolute atomic E-state index is 11.5. The summed E-state index contributed by atoms with van der Waals surface area (Å²) < 4.78 is 6.32. The van der Waals surface area contributed by atoms with Crippen LogP contribution in [0.5, 0.6) is 0 Å². The van der Waals surface area contributed by atoms with Crippen molar-refractivity contribution in [3.05, 3.63) is 29.2 Å². The first kappa shape index (κ1) is 9.92. The largest absolute Gasteiger partial charge is 0.462 e. The number of carbonyl (C=O) groups excluding carboxylic acids is 1. The number of ether oxygens (including phenoxy) is 1. The van der Waals surface area contributed by atoms with Crippen LogP contribution in [-0.4, -0.2) is 27.2 Å². The molecule has 0 bridgehead atoms. The third-order valence-electron chi connectivity index (χ3n) is 1.82. The Kier molecular flexibility index (Phi) is 2.55. The quantitative estimate of drug-likeness (QED) is 0.728. The normalized spacial score (nSPS) is 10.5. The molecule has 2 heterocycles. The topological polar surface area (TPSA) is 56.5 Å². The summed E-state index contributed by atoms with van der Waals surface area (Å²) in [6.07, 6.45) is 3.16. The number of imidazole rings is 1. The van der Waals surface area contributed by atoms with Gasteiger partial charge in [-0.15, -0.1) is 0 Å². The van der Waals surface area contributed by atoms with E-state index in [-0.39, 0.29) is 5.15 Å². The Morgan fingerprint density at radius 1 is 1.67 bits per heavy atom. The molecular formula is C9H8ClN3O2. The number of aromatic nitrogens is 3. The van der Waals surface area contributed by atoms with Crippen LogP contribution in [0.25, 0.3) is 5.65 Å². The lowest BCUT2D eigenvalue weighted by Crippen LogP contribution is -2.08. The van der Waals surface area contributed by atoms with E-state index in [4.69, 9.17) is 16.3 Å². The molecule has 2 aromatic rings. The zero-order valence-corrected chi connectivity index (χ0v) is 8.73. The van der Waals surface area contributed by atoms with E-state index in [2.05, 4.69) is 10.1 Å². The van der Waals surface area contributed by atoms with Crippen molar-refractivity contribution >= 4 is 23.2 Å². The highest BCUT2D eigenvalue weighted by atomic mass is 35.5. The molecule has 0 N–H and O–H groups in total. The maximum Gasteiger partial charge on any atom is 0.342 e. The molecule has 0 aliphatic heterocycles. The molecule has 0 radical (unpaired) electrons. The number of carbonyl (C=O) groups is 1. The zero-order valence-electron chi connectivity index (χ0n) is 7.98. The van der Waals surface area contributed by atoms with Crippen molar-refractivity contribution < 1.29 is 9.53 Å². The highest BCUT2D eigenvalue weighted by Crippen LogP contribution is 2.14. The standard InChI is InChI=1S/C9H8ClN3O2/c1-2-15-9(14)6-5-7(10)12-13-4-3-11-8(6)13/h3-5H,2H2,1H3. The monoisotopic (exact) mass is 225 g/mol. The van der Waals surface area contributed by atoms with Crippen LogP contribution in [0, 0.1) is 0 Å². The Hall–Kier alpha value is -1.62. The summed E-state index contributed by atoms with van der Waals surface area (Å²) in [6.45, 7) is 2.05. The number of nitrogens with zero attached hydrogens (tertiary/aromatic N) is 3. The smallest absolute Gasteiger partial charge is 0.342 e. The fourth-order valence-electron chi connectivity index (χ4n) is 1.24. The Bertz CT molecular complexity index is 509. The predicted molar refractivity (Wildman–Crippen MR) is 54.0 cm³/mol. The summed E-state index contributed by atoms with van der Waals surface area (Å²) in [5, 5.41) is 4.18. The zero-order chi connectivity index (χ0) is 10.8. The minimum atomic E-state index is -0.446. The van der Waals surface area contributed by atoms with Gasteiger partial charge in [-0.3, -0.25) is 0 Å². The Balaban J connectivity index is 2.57. The van der Waals surface area contributed by atoms with Crippen LogP contribution in [0.4, 0.5) is 0 Å². The molecule has 5 nitrogen and oxygen atoms in total. The van der Waals surface area contributed by atoms with E-state index in [1.807, 2.05) is 0 Å². The molecule has 2 rings (SSSR count). The third-order valence-corrected chi connectivity index (χ3v) is 2.01. The van der Waals surface area contributed by atoms with Crippen LogP contribution in [0.15, 0.2) is 18.5 Å². The molecule has 15 heavy (non-hydrogen) atoms. The first-order valence-electron chi connectivity index (χ1n) is 4.39. The predicted octanol–water partition coefficient (Wildman–Crippen LogP) is 1.56. The van der Waals surface area contributed by atoms with Crippen molar-refractivity contribution in [1.29, 1.82) is 0 Å². The van der Waals surface area contributed by atoms with Gasteiger partial charge in [0, 0.05) is 12.4 Å². The Morgan fingerprint density at radius 2 is 2.47 bits per heavy atom. The van der Waals surface area contributed by atoms with Gasteiger partial charge < -0.3 is 4.74 Å². The van der Waals surface area contributed by atoms with Crippen molar-refractivity contribution in [2.45, 2.75) is 6.92 Å². The summed E-state index contributed by atoms with van der Waals surface area (Å²) in [5.41, 5.74) is 0.764. The number of hydrogen-bond acceptors (Lipinski definition) is 4. The summed E-state index contributed by atoms with van der Waals surface area (Å²) in [5.74, 6) is -0.446. The van der Waals surface area contributed by atoms with Gasteiger partial charge >= 0.3 is 5.97 Å². The van der Waals surface area contributed by atoms with Crippen LogP contribution in [-0.2, 0) is 4.74 Å². The molecule has 2 aromatic heterocycles. The summed E-state index contributed by atoms with van der Waals surface area (Å²) in [7, 11) is 0. The second-order valence-corrected chi connectivity index (χ2v) is 3.18. The van der Waals surface area contributed by atoms with E-state index in [0.717, 1.165) is 0 Å². The number of rotatable bonds is 2. The van der Waals surface area contributed by atoms with E-state index < -0.39 is 5.97 Å². The average Bonchev–Trinajstić information content (AvgIpc) is 2.64. The van der Waals surface area contributed by atoms with Gasteiger partial charge in [-0.2, -0.15) is 5.10 Å². The second kappa shape index (κ2) is 3.86. The van der Waals surface area contributed by atoms with E-state index in [1.54, 1.807) is 19.3 Å². The number of esters is 1. The highest BCUT2D eigenvalue weighted by molar-refractivity contribution is 6.29. The fourth-order valence-corrected chi connectivity index (χ4v) is 1.44. The minimum absolute atomic E-state index is 0.226. The maximum atomic E-state index is 11.5. The lowest BCUT2D eigenvalue weighted by atomic mass is 10.3. The van der Waals surface area contributed by atoms with Crippen molar-refractivity contribution in [2.75, 3.05) is 6.61 Å². The fraction of sp³-hybridized carbons (Fsp3) is 0.222. The van der Waals surface area contributed by atoms with Gasteiger partial charge in [0.1, 0.15) is 5.56 Å². The van der Waals surface area contributed by atoms with E-state index in [0.29, 0.717) is 17.8 Å². The first-order valence-corrected chi connectivity index (χ1v) is 4.77. The SMILES string of the molecule is CCOC(=O)c1cc(Cl)nn2ccnc12. The van der Waals surface area contributed by atoms with E-state index in [9.17, 15) is 4.79 Å². The van der Waals surface area contributed by atoms with Gasteiger partial charge in [-0.1, -0.05) is 11.6 Å². The second-order valence-electron chi connectivity index (χ2n) is 2.80. The van der Waals surface area contributed by atoms with E-state index >= 15 is 0 Å². The van der Waals surface area contributed by atoms with E-state index in [1.165, 1.54) is 10.6 Å². The van der Waals surface area contributed by atoms with Crippen LogP contribution in [0.1, 0.15) is 17.3 Å². The molecule has 78 valence electrons. The lowest BCUT2D eigenvalue weighted by molar-refractivity contribution is 0.0527. The third kappa shape index (κ3) is 1.78. The highest BCUT2D eigenvalue weighted by Gasteiger charge is 2.14. The molecule has 0 aromatic carbocycles. The molecule has 0 spiro atoms. The molecule has 0 saturated heterocycles. The van der Waals surface area contributed by atoms with Crippen molar-refractivity contribution in [1.82, 2.24) is 14.6 Å². The molecule has 6 heteroatoms. The average molecular weight is 226 g/mol. The van der Waals surface area contributed by atoms with Gasteiger partial charge in [0.15, 0.2) is 10.8 Å². The molecule has 0 aliphatic rings. The molecule has 0 unspecified atom stereocenters. The van der Waals surface area contributed by atoms with Crippen LogP contribution in [0.2, 0.25) is 5.15 Å². The molecule has 0 aliphatic carbocycles. The molecule has 0 fully saturated rings. The summed E-state index contributed by atoms with van der Waals surface area (Å²) in [4.78, 5) is 15.6. The van der Waals surface area contributed by atoms with Crippen molar-refractivity contribution in [3.8, 4) is 0 Å². The van der Waals surface area contributed by atoms with Crippen molar-refractivity contribution in [2.24, 2.45) is 0 Å². The number of hydrogen-bond donors (Lipinski definition) is 0. The minimum Gasteiger partial charge on any atom is -0.462 e. The van der Waals surface area contributed by atoms with Gasteiger partial charge in [-0.05, 0) is 13.0 Å². The summed E-state index contributed by atoms with van der Waals surface area (Å²) in [6, 6.07) is 1.45. The molecule has 0 saturated carbocycles. The number of halogens is 1. The van der Waals surface area contributed by atoms with Crippen molar-refractivity contribution in [3.63, 3.8) is 0 Å².